The van der Waals surface area contributed by atoms with E-state index in [2.05, 4.69) is 15.4 Å². The molecule has 1 N–H and O–H groups in total. The van der Waals surface area contributed by atoms with Gasteiger partial charge in [-0.05, 0) is 24.3 Å². The van der Waals surface area contributed by atoms with Crippen LogP contribution in [0.5, 0.6) is 0 Å². The van der Waals surface area contributed by atoms with Crippen LogP contribution in [-0.4, -0.2) is 14.8 Å². The van der Waals surface area contributed by atoms with Gasteiger partial charge < -0.3 is 5.32 Å². The number of benzene rings is 1. The molecule has 0 atom stereocenters. The average Bonchev–Trinajstić information content (AvgIpc) is 2.97. The molecular weight excluding hydrogens is 355 g/mol. The highest BCUT2D eigenvalue weighted by atomic mass is 19.4. The largest absolute Gasteiger partial charge is 0.435 e. The molecule has 0 fully saturated rings. The maximum absolute atomic E-state index is 14.3. The van der Waals surface area contributed by atoms with Gasteiger partial charge in [0.25, 0.3) is 0 Å². The zero-order valence-electron chi connectivity index (χ0n) is 13.5. The molecule has 0 aliphatic carbocycles. The van der Waals surface area contributed by atoms with Crippen molar-refractivity contribution in [1.29, 1.82) is 0 Å². The van der Waals surface area contributed by atoms with Crippen LogP contribution in [0.4, 0.5) is 27.6 Å². The lowest BCUT2D eigenvalue weighted by atomic mass is 10.1. The molecule has 9 heteroatoms. The molecule has 0 saturated heterocycles. The number of aromatic nitrogens is 3. The molecule has 0 spiro atoms. The molecule has 136 valence electrons. The second kappa shape index (κ2) is 6.74. The minimum Gasteiger partial charge on any atom is -0.378 e. The van der Waals surface area contributed by atoms with Gasteiger partial charge in [-0.2, -0.15) is 18.3 Å². The Morgan fingerprint density at radius 3 is 2.46 bits per heavy atom. The van der Waals surface area contributed by atoms with Crippen LogP contribution in [-0.2, 0) is 19.8 Å². The first-order valence-electron chi connectivity index (χ1n) is 7.49. The number of rotatable bonds is 4. The van der Waals surface area contributed by atoms with Gasteiger partial charge >= 0.3 is 6.18 Å². The average molecular weight is 368 g/mol. The van der Waals surface area contributed by atoms with E-state index in [4.69, 9.17) is 0 Å². The Balaban J connectivity index is 1.82. The molecule has 0 aliphatic rings. The molecule has 2 aromatic heterocycles. The van der Waals surface area contributed by atoms with Crippen LogP contribution < -0.4 is 5.32 Å². The predicted octanol–water partition coefficient (Wildman–Crippen LogP) is 4.39. The van der Waals surface area contributed by atoms with Crippen molar-refractivity contribution < 1.29 is 22.0 Å². The van der Waals surface area contributed by atoms with Crippen LogP contribution >= 0.6 is 0 Å². The molecule has 0 unspecified atom stereocenters. The van der Waals surface area contributed by atoms with E-state index in [0.717, 1.165) is 23.0 Å². The van der Waals surface area contributed by atoms with Crippen molar-refractivity contribution in [2.75, 3.05) is 5.32 Å². The van der Waals surface area contributed by atoms with E-state index < -0.39 is 23.5 Å². The molecule has 1 aromatic carbocycles. The SMILES string of the molecule is Cn1nc(C(F)(F)F)cc1-c1ccc(NCc2ccncc2F)c(F)c1. The fraction of sp³-hybridized carbons (Fsp3) is 0.176. The third-order valence-corrected chi connectivity index (χ3v) is 3.76. The zero-order valence-corrected chi connectivity index (χ0v) is 13.5. The number of hydrogen-bond donors (Lipinski definition) is 1. The molecule has 26 heavy (non-hydrogen) atoms. The lowest BCUT2D eigenvalue weighted by Crippen LogP contribution is -2.06. The summed E-state index contributed by atoms with van der Waals surface area (Å²) in [6.07, 6.45) is -2.11. The summed E-state index contributed by atoms with van der Waals surface area (Å²) in [5, 5.41) is 6.15. The molecule has 2 heterocycles. The molecule has 0 radical (unpaired) electrons. The van der Waals surface area contributed by atoms with Gasteiger partial charge in [0.1, 0.15) is 11.6 Å². The van der Waals surface area contributed by atoms with Crippen LogP contribution in [0.15, 0.2) is 42.7 Å². The number of pyridine rings is 1. The van der Waals surface area contributed by atoms with Crippen molar-refractivity contribution in [3.63, 3.8) is 0 Å². The summed E-state index contributed by atoms with van der Waals surface area (Å²) in [6, 6.07) is 6.26. The highest BCUT2D eigenvalue weighted by molar-refractivity contribution is 5.64. The van der Waals surface area contributed by atoms with Gasteiger partial charge in [-0.3, -0.25) is 9.67 Å². The van der Waals surface area contributed by atoms with E-state index in [1.165, 1.54) is 31.4 Å². The molecular formula is C17H13F5N4. The van der Waals surface area contributed by atoms with Crippen molar-refractivity contribution in [2.45, 2.75) is 12.7 Å². The topological polar surface area (TPSA) is 42.7 Å². The lowest BCUT2D eigenvalue weighted by Gasteiger charge is -2.10. The third-order valence-electron chi connectivity index (χ3n) is 3.76. The fourth-order valence-corrected chi connectivity index (χ4v) is 2.43. The standard InChI is InChI=1S/C17H13F5N4/c1-26-15(7-16(25-26)17(20,21)22)10-2-3-14(12(18)6-10)24-8-11-4-5-23-9-13(11)19/h2-7,9,24H,8H2,1H3. The second-order valence-electron chi connectivity index (χ2n) is 5.55. The summed E-state index contributed by atoms with van der Waals surface area (Å²) in [5.74, 6) is -1.20. The Kier molecular flexibility index (Phi) is 4.62. The molecule has 0 aliphatic heterocycles. The van der Waals surface area contributed by atoms with E-state index in [1.54, 1.807) is 0 Å². The number of anilines is 1. The van der Waals surface area contributed by atoms with Crippen LogP contribution in [0.25, 0.3) is 11.3 Å². The van der Waals surface area contributed by atoms with Gasteiger partial charge in [-0.1, -0.05) is 6.07 Å². The van der Waals surface area contributed by atoms with Crippen LogP contribution in [0, 0.1) is 11.6 Å². The van der Waals surface area contributed by atoms with E-state index in [9.17, 15) is 22.0 Å². The van der Waals surface area contributed by atoms with Gasteiger partial charge in [0.2, 0.25) is 0 Å². The zero-order chi connectivity index (χ0) is 18.9. The van der Waals surface area contributed by atoms with Gasteiger partial charge in [0.15, 0.2) is 5.69 Å². The van der Waals surface area contributed by atoms with E-state index >= 15 is 0 Å². The highest BCUT2D eigenvalue weighted by Gasteiger charge is 2.34. The normalized spacial score (nSPS) is 11.6. The van der Waals surface area contributed by atoms with Crippen molar-refractivity contribution in [2.24, 2.45) is 7.05 Å². The van der Waals surface area contributed by atoms with Gasteiger partial charge in [0, 0.05) is 30.9 Å². The number of aryl methyl sites for hydroxylation is 1. The Hall–Kier alpha value is -2.97. The van der Waals surface area contributed by atoms with Gasteiger partial charge in [-0.15, -0.1) is 0 Å². The van der Waals surface area contributed by atoms with Gasteiger partial charge in [-0.25, -0.2) is 8.78 Å². The van der Waals surface area contributed by atoms with E-state index in [0.29, 0.717) is 5.56 Å². The quantitative estimate of drug-likeness (QED) is 0.695. The lowest BCUT2D eigenvalue weighted by molar-refractivity contribution is -0.141. The summed E-state index contributed by atoms with van der Waals surface area (Å²) in [4.78, 5) is 3.62. The fourth-order valence-electron chi connectivity index (χ4n) is 2.43. The van der Waals surface area contributed by atoms with Crippen molar-refractivity contribution in [3.8, 4) is 11.3 Å². The Labute approximate surface area is 145 Å². The smallest absolute Gasteiger partial charge is 0.378 e. The summed E-state index contributed by atoms with van der Waals surface area (Å²) in [6.45, 7) is 0.0363. The van der Waals surface area contributed by atoms with E-state index in [-0.39, 0.29) is 23.5 Å². The Morgan fingerprint density at radius 1 is 1.08 bits per heavy atom. The number of hydrogen-bond acceptors (Lipinski definition) is 3. The third kappa shape index (κ3) is 3.66. The highest BCUT2D eigenvalue weighted by Crippen LogP contribution is 2.32. The molecule has 0 saturated carbocycles. The van der Waals surface area contributed by atoms with Crippen LogP contribution in [0.2, 0.25) is 0 Å². The number of halogens is 5. The van der Waals surface area contributed by atoms with Crippen LogP contribution in [0.3, 0.4) is 0 Å². The van der Waals surface area contributed by atoms with Gasteiger partial charge in [0.05, 0.1) is 17.6 Å². The molecule has 3 rings (SSSR count). The monoisotopic (exact) mass is 368 g/mol. The first kappa shape index (κ1) is 17.8. The summed E-state index contributed by atoms with van der Waals surface area (Å²) < 4.78 is 67.1. The van der Waals surface area contributed by atoms with Crippen LogP contribution in [0.1, 0.15) is 11.3 Å². The van der Waals surface area contributed by atoms with Crippen molar-refractivity contribution in [3.05, 3.63) is 65.6 Å². The summed E-state index contributed by atoms with van der Waals surface area (Å²) in [7, 11) is 1.35. The molecule has 0 amide bonds. The Bertz CT molecular complexity index is 933. The maximum Gasteiger partial charge on any atom is 0.435 e. The first-order valence-corrected chi connectivity index (χ1v) is 7.49. The second-order valence-corrected chi connectivity index (χ2v) is 5.55. The maximum atomic E-state index is 14.3. The van der Waals surface area contributed by atoms with E-state index in [1.807, 2.05) is 0 Å². The minimum absolute atomic E-state index is 0.0363. The predicted molar refractivity (Wildman–Crippen MR) is 85.1 cm³/mol. The van der Waals surface area contributed by atoms with Crippen molar-refractivity contribution >= 4 is 5.69 Å². The Morgan fingerprint density at radius 2 is 1.85 bits per heavy atom. The summed E-state index contributed by atoms with van der Waals surface area (Å²) >= 11 is 0. The molecule has 4 nitrogen and oxygen atoms in total. The number of alkyl halides is 3. The van der Waals surface area contributed by atoms with Crippen molar-refractivity contribution in [1.82, 2.24) is 14.8 Å². The molecule has 3 aromatic rings. The number of nitrogens with zero attached hydrogens (tertiary/aromatic N) is 3. The number of nitrogens with one attached hydrogen (secondary N) is 1. The first-order chi connectivity index (χ1) is 12.3. The minimum atomic E-state index is -4.58. The summed E-state index contributed by atoms with van der Waals surface area (Å²) in [5.41, 5.74) is -0.268. The molecule has 0 bridgehead atoms.